The molecule has 2 unspecified atom stereocenters. The van der Waals surface area contributed by atoms with Crippen LogP contribution in [0.4, 0.5) is 0 Å². The predicted molar refractivity (Wildman–Crippen MR) is 52.2 cm³/mol. The van der Waals surface area contributed by atoms with Gasteiger partial charge in [-0.2, -0.15) is 5.26 Å². The maximum absolute atomic E-state index is 11.0. The summed E-state index contributed by atoms with van der Waals surface area (Å²) in [5.41, 5.74) is -0.546. The lowest BCUT2D eigenvalue weighted by Crippen LogP contribution is -2.50. The Bertz CT molecular complexity index is 280. The molecule has 0 saturated heterocycles. The first-order valence-electron chi connectivity index (χ1n) is 5.33. The van der Waals surface area contributed by atoms with Crippen LogP contribution in [0.2, 0.25) is 0 Å². The van der Waals surface area contributed by atoms with Gasteiger partial charge in [0.25, 0.3) is 0 Å². The molecule has 0 radical (unpaired) electrons. The van der Waals surface area contributed by atoms with E-state index in [2.05, 4.69) is 11.4 Å². The molecule has 3 nitrogen and oxygen atoms in total. The number of nitriles is 1. The number of hydrogen-bond donors (Lipinski definition) is 1. The van der Waals surface area contributed by atoms with Crippen molar-refractivity contribution in [3.63, 3.8) is 0 Å². The van der Waals surface area contributed by atoms with E-state index in [0.29, 0.717) is 11.8 Å². The molecule has 1 amide bonds. The largest absolute Gasteiger partial charge is 0.338 e. The highest BCUT2D eigenvalue weighted by molar-refractivity contribution is 5.74. The molecule has 2 aliphatic rings. The van der Waals surface area contributed by atoms with Gasteiger partial charge in [0.05, 0.1) is 6.07 Å². The molecule has 2 bridgehead atoms. The maximum atomic E-state index is 11.0. The lowest BCUT2D eigenvalue weighted by Gasteiger charge is -2.35. The van der Waals surface area contributed by atoms with Crippen molar-refractivity contribution >= 4 is 5.91 Å². The molecule has 76 valence electrons. The van der Waals surface area contributed by atoms with Gasteiger partial charge in [0, 0.05) is 6.92 Å². The fourth-order valence-electron chi connectivity index (χ4n) is 3.18. The summed E-state index contributed by atoms with van der Waals surface area (Å²) in [4.78, 5) is 11.0. The normalized spacial score (nSPS) is 40.3. The summed E-state index contributed by atoms with van der Waals surface area (Å²) in [5.74, 6) is 1.26. The van der Waals surface area contributed by atoms with Gasteiger partial charge < -0.3 is 5.32 Å². The van der Waals surface area contributed by atoms with Crippen molar-refractivity contribution in [1.29, 1.82) is 5.26 Å². The Balaban J connectivity index is 2.14. The van der Waals surface area contributed by atoms with Crippen LogP contribution < -0.4 is 5.32 Å². The summed E-state index contributed by atoms with van der Waals surface area (Å²) in [6, 6.07) is 2.32. The zero-order chi connectivity index (χ0) is 10.2. The number of carbonyl (C=O) groups excluding carboxylic acids is 1. The molecular weight excluding hydrogens is 176 g/mol. The molecule has 0 aliphatic heterocycles. The Kier molecular flexibility index (Phi) is 2.22. The molecular formula is C11H16N2O. The van der Waals surface area contributed by atoms with Crippen LogP contribution >= 0.6 is 0 Å². The van der Waals surface area contributed by atoms with E-state index in [0.717, 1.165) is 12.8 Å². The summed E-state index contributed by atoms with van der Waals surface area (Å²) < 4.78 is 0. The lowest BCUT2D eigenvalue weighted by molar-refractivity contribution is -0.120. The third-order valence-corrected chi connectivity index (χ3v) is 3.55. The van der Waals surface area contributed by atoms with Gasteiger partial charge in [-0.15, -0.1) is 0 Å². The Morgan fingerprint density at radius 3 is 2.43 bits per heavy atom. The number of carbonyl (C=O) groups is 1. The summed E-state index contributed by atoms with van der Waals surface area (Å²) in [7, 11) is 0. The first kappa shape index (κ1) is 9.51. The molecule has 0 aromatic carbocycles. The molecule has 1 N–H and O–H groups in total. The Hall–Kier alpha value is -1.04. The fourth-order valence-corrected chi connectivity index (χ4v) is 3.18. The molecule has 14 heavy (non-hydrogen) atoms. The quantitative estimate of drug-likeness (QED) is 0.686. The van der Waals surface area contributed by atoms with Crippen LogP contribution in [0.1, 0.15) is 39.0 Å². The van der Waals surface area contributed by atoms with Gasteiger partial charge in [0.1, 0.15) is 5.54 Å². The summed E-state index contributed by atoms with van der Waals surface area (Å²) in [6.45, 7) is 1.50. The number of amides is 1. The second kappa shape index (κ2) is 3.27. The van der Waals surface area contributed by atoms with Crippen LogP contribution in [0.15, 0.2) is 0 Å². The van der Waals surface area contributed by atoms with E-state index in [1.54, 1.807) is 0 Å². The molecule has 3 heteroatoms. The maximum Gasteiger partial charge on any atom is 0.218 e. The zero-order valence-corrected chi connectivity index (χ0v) is 8.55. The Labute approximate surface area is 84.5 Å². The highest BCUT2D eigenvalue weighted by Gasteiger charge is 2.44. The van der Waals surface area contributed by atoms with Crippen LogP contribution in [0.3, 0.4) is 0 Å². The van der Waals surface area contributed by atoms with E-state index in [9.17, 15) is 10.1 Å². The average molecular weight is 192 g/mol. The van der Waals surface area contributed by atoms with Gasteiger partial charge in [-0.1, -0.05) is 12.8 Å². The second-order valence-electron chi connectivity index (χ2n) is 4.83. The van der Waals surface area contributed by atoms with Crippen molar-refractivity contribution in [3.8, 4) is 6.07 Å². The Morgan fingerprint density at radius 1 is 1.43 bits per heavy atom. The van der Waals surface area contributed by atoms with Crippen molar-refractivity contribution in [2.24, 2.45) is 11.8 Å². The molecule has 2 atom stereocenters. The first-order valence-corrected chi connectivity index (χ1v) is 5.33. The summed E-state index contributed by atoms with van der Waals surface area (Å²) in [6.07, 6.45) is 5.48. The van der Waals surface area contributed by atoms with E-state index >= 15 is 0 Å². The monoisotopic (exact) mass is 192 g/mol. The topological polar surface area (TPSA) is 52.9 Å². The van der Waals surface area contributed by atoms with E-state index < -0.39 is 5.54 Å². The van der Waals surface area contributed by atoms with Gasteiger partial charge >= 0.3 is 0 Å². The molecule has 2 saturated carbocycles. The van der Waals surface area contributed by atoms with E-state index in [1.807, 2.05) is 0 Å². The van der Waals surface area contributed by atoms with Crippen molar-refractivity contribution in [3.05, 3.63) is 0 Å². The third-order valence-electron chi connectivity index (χ3n) is 3.55. The lowest BCUT2D eigenvalue weighted by atomic mass is 9.76. The van der Waals surface area contributed by atoms with Crippen molar-refractivity contribution in [2.75, 3.05) is 0 Å². The summed E-state index contributed by atoms with van der Waals surface area (Å²) >= 11 is 0. The standard InChI is InChI=1S/C11H16N2O/c1-8(14)13-11(7-12)5-9-2-3-10(4-9)6-11/h9-10H,2-6H2,1H3,(H,13,14). The molecule has 0 heterocycles. The SMILES string of the molecule is CC(=O)NC1(C#N)CC2CCC(C2)C1. The van der Waals surface area contributed by atoms with Crippen molar-refractivity contribution in [2.45, 2.75) is 44.6 Å². The molecule has 0 spiro atoms. The van der Waals surface area contributed by atoms with Gasteiger partial charge in [-0.05, 0) is 31.1 Å². The minimum Gasteiger partial charge on any atom is -0.338 e. The fraction of sp³-hybridized carbons (Fsp3) is 0.818. The highest BCUT2D eigenvalue weighted by atomic mass is 16.1. The van der Waals surface area contributed by atoms with Gasteiger partial charge in [0.2, 0.25) is 5.91 Å². The van der Waals surface area contributed by atoms with Crippen LogP contribution in [0, 0.1) is 23.2 Å². The molecule has 2 aliphatic carbocycles. The highest BCUT2D eigenvalue weighted by Crippen LogP contribution is 2.46. The molecule has 2 rings (SSSR count). The molecule has 2 fully saturated rings. The van der Waals surface area contributed by atoms with Gasteiger partial charge in [0.15, 0.2) is 0 Å². The predicted octanol–water partition coefficient (Wildman–Crippen LogP) is 1.59. The third kappa shape index (κ3) is 1.61. The van der Waals surface area contributed by atoms with Crippen LogP contribution in [0.5, 0.6) is 0 Å². The molecule has 0 aromatic rings. The van der Waals surface area contributed by atoms with Crippen molar-refractivity contribution < 1.29 is 4.79 Å². The first-order chi connectivity index (χ1) is 6.63. The zero-order valence-electron chi connectivity index (χ0n) is 8.55. The van der Waals surface area contributed by atoms with E-state index in [-0.39, 0.29) is 5.91 Å². The summed E-state index contributed by atoms with van der Waals surface area (Å²) in [5, 5.41) is 12.0. The number of hydrogen-bond acceptors (Lipinski definition) is 2. The van der Waals surface area contributed by atoms with Crippen molar-refractivity contribution in [1.82, 2.24) is 5.32 Å². The van der Waals surface area contributed by atoms with Gasteiger partial charge in [-0.3, -0.25) is 4.79 Å². The minimum atomic E-state index is -0.546. The molecule has 0 aromatic heterocycles. The second-order valence-corrected chi connectivity index (χ2v) is 4.83. The van der Waals surface area contributed by atoms with Gasteiger partial charge in [-0.25, -0.2) is 0 Å². The number of rotatable bonds is 1. The number of nitrogens with zero attached hydrogens (tertiary/aromatic N) is 1. The van der Waals surface area contributed by atoms with E-state index in [4.69, 9.17) is 0 Å². The average Bonchev–Trinajstić information content (AvgIpc) is 2.45. The van der Waals surface area contributed by atoms with Crippen LogP contribution in [-0.2, 0) is 4.79 Å². The van der Waals surface area contributed by atoms with Crippen LogP contribution in [0.25, 0.3) is 0 Å². The smallest absolute Gasteiger partial charge is 0.218 e. The van der Waals surface area contributed by atoms with E-state index in [1.165, 1.54) is 26.2 Å². The number of fused-ring (bicyclic) bond motifs is 2. The van der Waals surface area contributed by atoms with Crippen LogP contribution in [-0.4, -0.2) is 11.4 Å². The minimum absolute atomic E-state index is 0.0761. The Morgan fingerprint density at radius 2 is 2.00 bits per heavy atom. The number of nitrogens with one attached hydrogen (secondary N) is 1.